The molecule has 0 aliphatic heterocycles. The van der Waals surface area contributed by atoms with Gasteiger partial charge in [0, 0.05) is 69.9 Å². The number of amides is 4. The van der Waals surface area contributed by atoms with Crippen molar-refractivity contribution in [2.24, 2.45) is 5.73 Å². The van der Waals surface area contributed by atoms with Gasteiger partial charge in [0.25, 0.3) is 52.5 Å². The van der Waals surface area contributed by atoms with Crippen LogP contribution in [-0.4, -0.2) is 227 Å². The van der Waals surface area contributed by atoms with Gasteiger partial charge in [-0.1, -0.05) is 0 Å². The van der Waals surface area contributed by atoms with Gasteiger partial charge in [-0.2, -0.15) is 23.7 Å². The number of alkyl halides is 3. The van der Waals surface area contributed by atoms with Gasteiger partial charge < -0.3 is 112 Å². The van der Waals surface area contributed by atoms with Crippen molar-refractivity contribution in [3.05, 3.63) is 195 Å². The summed E-state index contributed by atoms with van der Waals surface area (Å²) >= 11 is 4.82. The molecule has 6 aromatic heterocycles. The number of aryl methyl sites for hydroxylation is 7. The molecule has 0 aliphatic rings. The minimum absolute atomic E-state index is 0. The monoisotopic (exact) mass is 2160 g/mol. The molecule has 4 amide bonds. The van der Waals surface area contributed by atoms with E-state index in [1.165, 1.54) is 44.2 Å². The second kappa shape index (κ2) is 70.7. The Morgan fingerprint density at radius 3 is 0.972 bits per heavy atom. The Bertz CT molecular complexity index is 5920. The van der Waals surface area contributed by atoms with Crippen LogP contribution in [0.2, 0.25) is 0 Å². The van der Waals surface area contributed by atoms with Crippen molar-refractivity contribution in [1.29, 1.82) is 10.5 Å². The van der Waals surface area contributed by atoms with Crippen molar-refractivity contribution >= 4 is 141 Å². The number of aromatic carboxylic acids is 1. The maximum atomic E-state index is 13.4. The fraction of sp³-hybridized carbons (Fsp3) is 0.391. The number of nitrogen functional groups attached to an aromatic ring is 1. The molecule has 6 heterocycles. The van der Waals surface area contributed by atoms with Crippen LogP contribution in [0.4, 0.5) is 33.3 Å². The summed E-state index contributed by atoms with van der Waals surface area (Å²) in [4.78, 5) is 223. The number of aromatic amines is 6. The van der Waals surface area contributed by atoms with Crippen LogP contribution >= 0.6 is 24.0 Å². The molecule has 0 saturated carbocycles. The Kier molecular flexibility index (Phi) is 70.8. The van der Waals surface area contributed by atoms with E-state index in [0.717, 1.165) is 24.2 Å². The number of nitriles is 2. The summed E-state index contributed by atoms with van der Waals surface area (Å²) < 4.78 is 95.8. The first-order valence-electron chi connectivity index (χ1n) is 42.1. The molecule has 0 aliphatic carbocycles. The fourth-order valence-corrected chi connectivity index (χ4v) is 11.7. The third-order valence-electron chi connectivity index (χ3n) is 17.9. The Morgan fingerprint density at radius 1 is 0.434 bits per heavy atom. The number of anilines is 2. The van der Waals surface area contributed by atoms with Crippen molar-refractivity contribution in [3.63, 3.8) is 0 Å². The number of hydrogen-bond donors (Lipinski definition) is 14. The van der Waals surface area contributed by atoms with Crippen molar-refractivity contribution in [2.45, 2.75) is 203 Å². The van der Waals surface area contributed by atoms with Crippen LogP contribution in [-0.2, 0) is 83.8 Å². The molecule has 18 N–H and O–H groups in total. The number of rotatable bonds is 27. The minimum atomic E-state index is -4.22. The number of carbonyl (C=O) groups excluding carboxylic acids is 16. The number of ether oxygens (including phenoxy) is 6. The van der Waals surface area contributed by atoms with Crippen LogP contribution in [0.3, 0.4) is 0 Å². The number of carbonyl (C=O) groups is 18. The van der Waals surface area contributed by atoms with E-state index in [2.05, 4.69) is 66.4 Å². The number of nitrogens with one attached hydrogen (secondary N) is 10. The zero-order valence-electron chi connectivity index (χ0n) is 85.0. The first kappa shape index (κ1) is 145. The Morgan fingerprint density at radius 2 is 0.710 bits per heavy atom. The molecule has 0 spiro atoms. The number of carboxylic acids is 2. The van der Waals surface area contributed by atoms with Crippen LogP contribution in [0.5, 0.6) is 0 Å². The van der Waals surface area contributed by atoms with Crippen LogP contribution < -0.4 is 91.8 Å². The quantitative estimate of drug-likeness (QED) is 0.00408. The van der Waals surface area contributed by atoms with Gasteiger partial charge in [0.15, 0.2) is 0 Å². The maximum absolute atomic E-state index is 13.4. The van der Waals surface area contributed by atoms with E-state index in [-0.39, 0.29) is 231 Å². The Balaban J connectivity index is -0.000000300. The van der Waals surface area contributed by atoms with E-state index in [0.29, 0.717) is 74.1 Å². The van der Waals surface area contributed by atoms with Gasteiger partial charge in [-0.3, -0.25) is 47.9 Å². The zero-order chi connectivity index (χ0) is 109. The van der Waals surface area contributed by atoms with Crippen molar-refractivity contribution in [2.75, 3.05) is 50.7 Å². The number of hydrogen-bond acceptors (Lipinski definition) is 31. The van der Waals surface area contributed by atoms with E-state index in [1.807, 2.05) is 20.0 Å². The molecule has 43 nitrogen and oxygen atoms in total. The van der Waals surface area contributed by atoms with Gasteiger partial charge >= 0.3 is 140 Å². The molecule has 145 heavy (non-hydrogen) atoms. The number of halogens is 7. The number of carboxylic acid groups (broad SMARTS) is 2. The molecule has 1 atom stereocenters. The first-order chi connectivity index (χ1) is 65.0. The van der Waals surface area contributed by atoms with Gasteiger partial charge in [0.05, 0.1) is 119 Å². The van der Waals surface area contributed by atoms with Crippen molar-refractivity contribution in [3.8, 4) is 12.1 Å². The predicted molar refractivity (Wildman–Crippen MR) is 502 cm³/mol. The average Bonchev–Trinajstić information content (AvgIpc) is 1.66. The van der Waals surface area contributed by atoms with Crippen LogP contribution in [0.25, 0.3) is 0 Å². The number of Topliss-reactive ketones (excluding diaryl/α,β-unsaturated/α-hetero) is 5. The van der Waals surface area contributed by atoms with Gasteiger partial charge in [-0.05, 0) is 254 Å². The summed E-state index contributed by atoms with van der Waals surface area (Å²) in [6, 6.07) is 8.70. The third-order valence-corrected chi connectivity index (χ3v) is 18.1. The fourth-order valence-electron chi connectivity index (χ4n) is 11.7. The molecule has 782 valence electrons. The topological polar surface area (TPSA) is 723 Å². The van der Waals surface area contributed by atoms with E-state index in [9.17, 15) is 108 Å². The van der Waals surface area contributed by atoms with Gasteiger partial charge in [-0.15, -0.1) is 12.4 Å². The standard InChI is InChI=1S/C19H19FN4O3.C14H20N2O4.C13H17NO5.C12H16N2O4.C11H13NO5.C9H13NO2.C7H5FN2.C4H5ClO3.C3H6F3N.ClH.2Na.2H2O.O.Zn/c1-9(2)22-19(27)17(25)16-10(3)15(11(4)23-16)18(26)24-13-5-6-14(20)12(7-13)8-21;1-6-20-14(19)10-8(4)11(16-9(10)5)12(17)13(18)15-7(2)3;1-5-18-12(16)9-7(3)10(14-8(9)4)11(15)13(17)19-6-2;1-5(2)13-11(16)10(15)9-6(3)8(12(17)18)7(4)14-9;1-4-17-11(16)7-5(2)8(12-6(7)3)9(13)10(14)15;1-4-12-9(11)8-6(2)5-10-7(8)3;8-7-2-1-6(10)3-5(7)4-9;1-2-8-4(7)3(5)6;1-2(7)3(4,5)6;;;;;;;/h5-7,9,23H,1-4H3,(H,22,27)(H,24,26);7,16H,6H2,1-5H3,(H,15,18);14H,5-6H2,1-4H3;5,14H,1-4H3,(H,13,16)(H,17,18);12H,4H2,1-3H3,(H,14,15);5,10H,4H2,1-3H3;1-3H,10H2;2H2,1H3;2H,7H2,1H3;1H;;;2*1H2;;/q;;;;;;;;;;2*+1;;;;/p-2/t;;;;;;;;2-;;;;;;;/m........0......./s1. The molecule has 53 heteroatoms. The molecule has 8 aromatic rings. The number of aromatic nitrogens is 6. The van der Waals surface area contributed by atoms with E-state index < -0.39 is 123 Å². The predicted octanol–water partition coefficient (Wildman–Crippen LogP) is 6.04. The summed E-state index contributed by atoms with van der Waals surface area (Å²) in [5.74, 6) is -14.5. The van der Waals surface area contributed by atoms with Gasteiger partial charge in [0.1, 0.15) is 23.8 Å². The molecule has 2 aromatic carbocycles. The zero-order valence-corrected chi connectivity index (χ0v) is 93.6. The molecule has 8 rings (SSSR count). The SMILES string of the molecule is CCOC(=O)C(=O)Cl.CCOC(=O)C(=O)c1[nH]c(C)c(C(=O)OCC)c1C.CCOC(=O)c1c(C)[nH]c(C(=O)C(=O)NC(C)C)c1C.CCOC(=O)c1c(C)[nH]c(C(=O)C(=O)O)c1C.CCOC(=O)c1c(C)c[nH]c1C.C[C@H](N)C(F)(F)F.Cc1[nH]c(C(=O)C(=O)NC(C)C)c(C)c1C(=O)Nc1ccc(F)c(C#N)c1.Cc1[nH]c(C(=O)C(=O)NC(C)C)c(C)c1C(=O)O.Cl.N#Cc1cc(N)ccc1F.[Na+].[Na+].[OH-].[OH-].[O]=[Zn]. The van der Waals surface area contributed by atoms with Crippen molar-refractivity contribution in [1.82, 2.24) is 45.9 Å². The summed E-state index contributed by atoms with van der Waals surface area (Å²) in [6.07, 6.45) is -2.42. The second-order valence-electron chi connectivity index (χ2n) is 29.8. The van der Waals surface area contributed by atoms with Crippen LogP contribution in [0.1, 0.15) is 283 Å². The van der Waals surface area contributed by atoms with Crippen molar-refractivity contribution < 1.29 is 239 Å². The van der Waals surface area contributed by atoms with E-state index >= 15 is 0 Å². The van der Waals surface area contributed by atoms with Crippen LogP contribution in [0.15, 0.2) is 42.6 Å². The van der Waals surface area contributed by atoms with Gasteiger partial charge in [-0.25, -0.2) is 47.1 Å². The molecule has 0 radical (unpaired) electrons. The molecule has 0 fully saturated rings. The number of benzene rings is 2. The molecule has 0 saturated heterocycles. The summed E-state index contributed by atoms with van der Waals surface area (Å²) in [7, 11) is 0. The average molecular weight is 2160 g/mol. The van der Waals surface area contributed by atoms with E-state index in [4.69, 9.17) is 60.6 Å². The second-order valence-corrected chi connectivity index (χ2v) is 30.1. The van der Waals surface area contributed by atoms with E-state index in [1.54, 1.807) is 151 Å². The number of ketones is 5. The molecular weight excluding hydrogens is 2040 g/mol. The number of esters is 6. The summed E-state index contributed by atoms with van der Waals surface area (Å²) in [6.45, 7) is 42.4. The normalized spacial score (nSPS) is 9.92. The Labute approximate surface area is 896 Å². The number of nitrogens with zero attached hydrogens (tertiary/aromatic N) is 2. The third kappa shape index (κ3) is 45.9. The Hall–Kier alpha value is -12.9. The molecule has 0 unspecified atom stereocenters. The molecule has 0 bridgehead atoms. The van der Waals surface area contributed by atoms with Gasteiger partial charge in [0.2, 0.25) is 0 Å². The number of nitrogens with two attached hydrogens (primary N) is 2. The number of aliphatic carboxylic acids is 1. The first-order valence-corrected chi connectivity index (χ1v) is 43.7. The summed E-state index contributed by atoms with van der Waals surface area (Å²) in [5, 5.41) is 43.8. The number of H-pyrrole nitrogens is 6. The van der Waals surface area contributed by atoms with Crippen LogP contribution in [0, 0.1) is 117 Å². The summed E-state index contributed by atoms with van der Waals surface area (Å²) in [5.41, 5.74) is 17.8. The molecular formula is C92H117Cl2F5N14Na2O29Zn.